The zero-order chi connectivity index (χ0) is 20.8. The highest BCUT2D eigenvalue weighted by Gasteiger charge is 2.28. The minimum absolute atomic E-state index is 0.0228. The third-order valence-corrected chi connectivity index (χ3v) is 3.31. The molecule has 0 spiro atoms. The molecule has 0 fully saturated rings. The number of aryl methyl sites for hydroxylation is 1. The fourth-order valence-corrected chi connectivity index (χ4v) is 2.19. The third-order valence-electron chi connectivity index (χ3n) is 3.31. The zero-order valence-corrected chi connectivity index (χ0v) is 15.3. The van der Waals surface area contributed by atoms with Crippen LogP contribution in [-0.2, 0) is 0 Å². The molecule has 2 aromatic rings. The Kier molecular flexibility index (Phi) is 6.21. The van der Waals surface area contributed by atoms with Gasteiger partial charge in [0.2, 0.25) is 11.7 Å². The maximum atomic E-state index is 12.5. The molecule has 148 valence electrons. The molecule has 0 aliphatic heterocycles. The van der Waals surface area contributed by atoms with E-state index in [1.807, 2.05) is 5.32 Å². The van der Waals surface area contributed by atoms with Crippen molar-refractivity contribution in [3.05, 3.63) is 33.6 Å². The lowest BCUT2D eigenvalue weighted by atomic mass is 10.1. The molecule has 0 radical (unpaired) electrons. The summed E-state index contributed by atoms with van der Waals surface area (Å²) in [4.78, 5) is 46.6. The molecule has 0 aliphatic rings. The van der Waals surface area contributed by atoms with Crippen LogP contribution in [0.4, 0.5) is 16.4 Å². The largest absolute Gasteiger partial charge is 0.496 e. The molecule has 1 aromatic carbocycles. The third kappa shape index (κ3) is 4.38. The second-order valence-electron chi connectivity index (χ2n) is 5.05. The summed E-state index contributed by atoms with van der Waals surface area (Å²) < 4.78 is 14.9. The van der Waals surface area contributed by atoms with Crippen LogP contribution < -0.4 is 24.8 Å². The highest BCUT2D eigenvalue weighted by molar-refractivity contribution is 6.10. The Hall–Kier alpha value is -4.03. The van der Waals surface area contributed by atoms with Gasteiger partial charge in [0.05, 0.1) is 26.3 Å². The van der Waals surface area contributed by atoms with Crippen molar-refractivity contribution in [2.75, 3.05) is 26.6 Å². The second-order valence-corrected chi connectivity index (χ2v) is 5.05. The van der Waals surface area contributed by atoms with Gasteiger partial charge in [0, 0.05) is 6.07 Å². The number of imide groups is 1. The molecule has 2 rings (SSSR count). The highest BCUT2D eigenvalue weighted by atomic mass is 16.6. The number of hydrogen-bond donors (Lipinski definition) is 2. The summed E-state index contributed by atoms with van der Waals surface area (Å²) in [6.45, 7) is 1.55. The standard InChI is InChI=1S/C15H16N6O7/c1-7-16-13(20-15(17-7)28-4)19-14(23)18-12(22)10-9(26-2)6-5-8(21(24)25)11(10)27-3/h5-6H,1-4H3,(H2,16,17,18,19,20,22,23). The van der Waals surface area contributed by atoms with E-state index in [9.17, 15) is 19.7 Å². The van der Waals surface area contributed by atoms with Crippen molar-refractivity contribution in [3.8, 4) is 17.5 Å². The van der Waals surface area contributed by atoms with E-state index in [1.165, 1.54) is 20.3 Å². The molecule has 0 unspecified atom stereocenters. The van der Waals surface area contributed by atoms with E-state index in [1.54, 1.807) is 6.92 Å². The van der Waals surface area contributed by atoms with Gasteiger partial charge in [-0.3, -0.25) is 25.5 Å². The number of benzene rings is 1. The van der Waals surface area contributed by atoms with Crippen molar-refractivity contribution in [1.82, 2.24) is 20.3 Å². The van der Waals surface area contributed by atoms with Crippen LogP contribution in [0.2, 0.25) is 0 Å². The Balaban J connectivity index is 2.29. The molecule has 0 saturated heterocycles. The first-order chi connectivity index (χ1) is 13.3. The summed E-state index contributed by atoms with van der Waals surface area (Å²) in [6.07, 6.45) is 0. The molecule has 1 aromatic heterocycles. The van der Waals surface area contributed by atoms with E-state index in [0.717, 1.165) is 13.2 Å². The summed E-state index contributed by atoms with van der Waals surface area (Å²) in [6, 6.07) is 1.31. The van der Waals surface area contributed by atoms with Crippen LogP contribution >= 0.6 is 0 Å². The van der Waals surface area contributed by atoms with E-state index >= 15 is 0 Å². The van der Waals surface area contributed by atoms with Crippen LogP contribution in [0, 0.1) is 17.0 Å². The molecule has 28 heavy (non-hydrogen) atoms. The van der Waals surface area contributed by atoms with Gasteiger partial charge < -0.3 is 14.2 Å². The number of aromatic nitrogens is 3. The maximum Gasteiger partial charge on any atom is 0.328 e. The smallest absolute Gasteiger partial charge is 0.328 e. The number of nitro groups is 1. The first-order valence-electron chi connectivity index (χ1n) is 7.59. The average Bonchev–Trinajstić information content (AvgIpc) is 2.65. The summed E-state index contributed by atoms with van der Waals surface area (Å²) in [5.41, 5.74) is -0.787. The van der Waals surface area contributed by atoms with Gasteiger partial charge >= 0.3 is 17.7 Å². The Labute approximate surface area is 158 Å². The summed E-state index contributed by atoms with van der Waals surface area (Å²) in [7, 11) is 3.75. The summed E-state index contributed by atoms with van der Waals surface area (Å²) in [5, 5.41) is 15.4. The summed E-state index contributed by atoms with van der Waals surface area (Å²) >= 11 is 0. The first kappa shape index (κ1) is 20.3. The van der Waals surface area contributed by atoms with Crippen LogP contribution in [0.25, 0.3) is 0 Å². The van der Waals surface area contributed by atoms with Crippen molar-refractivity contribution in [1.29, 1.82) is 0 Å². The number of nitrogens with one attached hydrogen (secondary N) is 2. The lowest BCUT2D eigenvalue weighted by molar-refractivity contribution is -0.385. The Morgan fingerprint density at radius 2 is 1.79 bits per heavy atom. The molecule has 0 bridgehead atoms. The van der Waals surface area contributed by atoms with E-state index in [-0.39, 0.29) is 34.8 Å². The number of anilines is 1. The predicted molar refractivity (Wildman–Crippen MR) is 93.8 cm³/mol. The molecular formula is C15H16N6O7. The number of rotatable bonds is 6. The van der Waals surface area contributed by atoms with Gasteiger partial charge in [-0.1, -0.05) is 0 Å². The van der Waals surface area contributed by atoms with Crippen molar-refractivity contribution in [2.24, 2.45) is 0 Å². The molecule has 0 saturated carbocycles. The van der Waals surface area contributed by atoms with Gasteiger partial charge in [-0.2, -0.15) is 15.0 Å². The van der Waals surface area contributed by atoms with E-state index in [4.69, 9.17) is 14.2 Å². The van der Waals surface area contributed by atoms with Crippen molar-refractivity contribution >= 4 is 23.6 Å². The highest BCUT2D eigenvalue weighted by Crippen LogP contribution is 2.36. The van der Waals surface area contributed by atoms with Gasteiger partial charge in [0.25, 0.3) is 5.91 Å². The van der Waals surface area contributed by atoms with Crippen LogP contribution in [0.3, 0.4) is 0 Å². The molecule has 13 heteroatoms. The van der Waals surface area contributed by atoms with Gasteiger partial charge in [-0.15, -0.1) is 0 Å². The van der Waals surface area contributed by atoms with Gasteiger partial charge in [-0.25, -0.2) is 4.79 Å². The lowest BCUT2D eigenvalue weighted by Crippen LogP contribution is -2.35. The predicted octanol–water partition coefficient (Wildman–Crippen LogP) is 1.08. The second kappa shape index (κ2) is 8.57. The zero-order valence-electron chi connectivity index (χ0n) is 15.3. The molecule has 0 aliphatic carbocycles. The first-order valence-corrected chi connectivity index (χ1v) is 7.59. The van der Waals surface area contributed by atoms with E-state index in [2.05, 4.69) is 20.3 Å². The maximum absolute atomic E-state index is 12.5. The molecule has 3 amide bonds. The number of hydrogen-bond acceptors (Lipinski definition) is 10. The van der Waals surface area contributed by atoms with Gasteiger partial charge in [0.15, 0.2) is 0 Å². The van der Waals surface area contributed by atoms with Crippen LogP contribution in [0.5, 0.6) is 17.5 Å². The number of carbonyl (C=O) groups is 2. The van der Waals surface area contributed by atoms with E-state index in [0.29, 0.717) is 0 Å². The van der Waals surface area contributed by atoms with Crippen LogP contribution in [0.1, 0.15) is 16.2 Å². The van der Waals surface area contributed by atoms with Crippen LogP contribution in [-0.4, -0.2) is 53.1 Å². The molecular weight excluding hydrogens is 376 g/mol. The quantitative estimate of drug-likeness (QED) is 0.536. The SMILES string of the molecule is COc1nc(C)nc(NC(=O)NC(=O)c2c(OC)ccc([N+](=O)[O-])c2OC)n1. The number of nitro benzene ring substituents is 1. The van der Waals surface area contributed by atoms with Crippen molar-refractivity contribution in [2.45, 2.75) is 6.92 Å². The van der Waals surface area contributed by atoms with Crippen molar-refractivity contribution in [3.63, 3.8) is 0 Å². The molecule has 2 N–H and O–H groups in total. The number of amides is 3. The minimum atomic E-state index is -0.993. The van der Waals surface area contributed by atoms with Crippen molar-refractivity contribution < 1.29 is 28.7 Å². The fourth-order valence-electron chi connectivity index (χ4n) is 2.19. The fraction of sp³-hybridized carbons (Fsp3) is 0.267. The Morgan fingerprint density at radius 1 is 1.07 bits per heavy atom. The minimum Gasteiger partial charge on any atom is -0.496 e. The van der Waals surface area contributed by atoms with Gasteiger partial charge in [0.1, 0.15) is 17.1 Å². The summed E-state index contributed by atoms with van der Waals surface area (Å²) in [5.74, 6) is -1.26. The van der Waals surface area contributed by atoms with Crippen LogP contribution in [0.15, 0.2) is 12.1 Å². The number of methoxy groups -OCH3 is 3. The molecule has 0 atom stereocenters. The monoisotopic (exact) mass is 392 g/mol. The number of urea groups is 1. The number of carbonyl (C=O) groups excluding carboxylic acids is 2. The number of nitrogens with zero attached hydrogens (tertiary/aromatic N) is 4. The van der Waals surface area contributed by atoms with Gasteiger partial charge in [-0.05, 0) is 13.0 Å². The Bertz CT molecular complexity index is 933. The normalized spacial score (nSPS) is 10.0. The molecule has 13 nitrogen and oxygen atoms in total. The average molecular weight is 392 g/mol. The lowest BCUT2D eigenvalue weighted by Gasteiger charge is -2.13. The topological polar surface area (TPSA) is 168 Å². The molecule has 1 heterocycles. The number of ether oxygens (including phenoxy) is 3. The van der Waals surface area contributed by atoms with E-state index < -0.39 is 22.5 Å². The Morgan fingerprint density at radius 3 is 2.36 bits per heavy atom.